The van der Waals surface area contributed by atoms with Gasteiger partial charge >= 0.3 is 5.97 Å². The Labute approximate surface area is 146 Å². The largest absolute Gasteiger partial charge is 0.478 e. The number of benzene rings is 2. The van der Waals surface area contributed by atoms with E-state index < -0.39 is 27.4 Å². The number of anilines is 1. The maximum atomic E-state index is 13.4. The van der Waals surface area contributed by atoms with Gasteiger partial charge in [-0.25, -0.2) is 22.6 Å². The zero-order chi connectivity index (χ0) is 18.0. The Morgan fingerprint density at radius 1 is 1.16 bits per heavy atom. The number of halogens is 1. The van der Waals surface area contributed by atoms with Crippen molar-refractivity contribution in [2.45, 2.75) is 4.90 Å². The molecule has 0 radical (unpaired) electrons. The average molecular weight is 378 g/mol. The lowest BCUT2D eigenvalue weighted by Gasteiger charge is -2.06. The van der Waals surface area contributed by atoms with Gasteiger partial charge in [0.05, 0.1) is 16.2 Å². The first-order valence-corrected chi connectivity index (χ1v) is 9.30. The number of nitrogens with zero attached hydrogens (tertiary/aromatic N) is 1. The van der Waals surface area contributed by atoms with Crippen molar-refractivity contribution in [2.24, 2.45) is 0 Å². The number of aromatic carboxylic acids is 1. The van der Waals surface area contributed by atoms with Crippen LogP contribution in [0.2, 0.25) is 0 Å². The van der Waals surface area contributed by atoms with Crippen molar-refractivity contribution in [1.82, 2.24) is 4.98 Å². The van der Waals surface area contributed by atoms with Gasteiger partial charge in [0.2, 0.25) is 0 Å². The molecular weight excluding hydrogens is 367 g/mol. The van der Waals surface area contributed by atoms with E-state index in [1.54, 1.807) is 5.38 Å². The number of carboxylic acid groups (broad SMARTS) is 1. The molecule has 1 heterocycles. The molecule has 128 valence electrons. The molecule has 0 spiro atoms. The molecule has 0 saturated carbocycles. The van der Waals surface area contributed by atoms with Gasteiger partial charge in [-0.15, -0.1) is 11.3 Å². The molecule has 3 aromatic rings. The Bertz CT molecular complexity index is 1030. The number of carboxylic acids is 1. The highest BCUT2D eigenvalue weighted by molar-refractivity contribution is 7.93. The van der Waals surface area contributed by atoms with E-state index in [2.05, 4.69) is 9.71 Å². The molecule has 0 amide bonds. The predicted octanol–water partition coefficient (Wildman–Crippen LogP) is 3.45. The third kappa shape index (κ3) is 3.67. The minimum Gasteiger partial charge on any atom is -0.478 e. The van der Waals surface area contributed by atoms with E-state index in [0.29, 0.717) is 5.69 Å². The van der Waals surface area contributed by atoms with Crippen LogP contribution in [0.3, 0.4) is 0 Å². The maximum Gasteiger partial charge on any atom is 0.338 e. The standard InChI is InChI=1S/C16H11FN2O4S2/c17-13-7-6-11(8-12(13)15(20)21)25(22,23)19-16-18-14(9-24-16)10-4-2-1-3-5-10/h1-9H,(H,18,19)(H,20,21). The Morgan fingerprint density at radius 3 is 2.56 bits per heavy atom. The highest BCUT2D eigenvalue weighted by Gasteiger charge is 2.20. The van der Waals surface area contributed by atoms with Crippen molar-refractivity contribution in [1.29, 1.82) is 0 Å². The van der Waals surface area contributed by atoms with Gasteiger partial charge in [0.15, 0.2) is 5.13 Å². The van der Waals surface area contributed by atoms with Crippen molar-refractivity contribution in [3.63, 3.8) is 0 Å². The zero-order valence-corrected chi connectivity index (χ0v) is 14.1. The van der Waals surface area contributed by atoms with Crippen LogP contribution >= 0.6 is 11.3 Å². The van der Waals surface area contributed by atoms with Gasteiger partial charge < -0.3 is 5.11 Å². The van der Waals surface area contributed by atoms with Crippen LogP contribution in [0.4, 0.5) is 9.52 Å². The fourth-order valence-electron chi connectivity index (χ4n) is 2.07. The molecule has 0 aliphatic rings. The Kier molecular flexibility index (Phi) is 4.51. The minimum atomic E-state index is -4.09. The molecule has 9 heteroatoms. The molecule has 3 rings (SSSR count). The number of rotatable bonds is 5. The second-order valence-corrected chi connectivity index (χ2v) is 7.50. The lowest BCUT2D eigenvalue weighted by atomic mass is 10.2. The molecule has 2 aromatic carbocycles. The van der Waals surface area contributed by atoms with Crippen LogP contribution in [-0.2, 0) is 10.0 Å². The molecule has 0 fully saturated rings. The van der Waals surface area contributed by atoms with Crippen molar-refractivity contribution >= 4 is 32.5 Å². The molecule has 2 N–H and O–H groups in total. The fourth-order valence-corrected chi connectivity index (χ4v) is 4.07. The zero-order valence-electron chi connectivity index (χ0n) is 12.5. The summed E-state index contributed by atoms with van der Waals surface area (Å²) in [5, 5.41) is 10.7. The predicted molar refractivity (Wildman–Crippen MR) is 91.7 cm³/mol. The summed E-state index contributed by atoms with van der Waals surface area (Å²) in [5.74, 6) is -2.55. The first-order valence-electron chi connectivity index (χ1n) is 6.93. The van der Waals surface area contributed by atoms with E-state index in [0.717, 1.165) is 35.1 Å². The summed E-state index contributed by atoms with van der Waals surface area (Å²) in [6, 6.07) is 11.8. The molecule has 0 aliphatic carbocycles. The van der Waals surface area contributed by atoms with E-state index in [1.165, 1.54) is 0 Å². The first-order chi connectivity index (χ1) is 11.9. The molecule has 1 aromatic heterocycles. The van der Waals surface area contributed by atoms with E-state index in [4.69, 9.17) is 5.11 Å². The normalized spacial score (nSPS) is 11.2. The topological polar surface area (TPSA) is 96.4 Å². The number of thiazole rings is 1. The summed E-state index contributed by atoms with van der Waals surface area (Å²) in [5.41, 5.74) is 0.722. The average Bonchev–Trinajstić information content (AvgIpc) is 3.03. The molecule has 25 heavy (non-hydrogen) atoms. The van der Waals surface area contributed by atoms with Crippen molar-refractivity contribution in [3.05, 3.63) is 65.3 Å². The SMILES string of the molecule is O=C(O)c1cc(S(=O)(=O)Nc2nc(-c3ccccc3)cs2)ccc1F. The van der Waals surface area contributed by atoms with Crippen LogP contribution < -0.4 is 4.72 Å². The summed E-state index contributed by atoms with van der Waals surface area (Å²) in [6.07, 6.45) is 0. The molecule has 0 unspecified atom stereocenters. The van der Waals surface area contributed by atoms with E-state index in [-0.39, 0.29) is 10.0 Å². The summed E-state index contributed by atoms with van der Waals surface area (Å²) >= 11 is 1.09. The Balaban J connectivity index is 1.89. The number of nitrogens with one attached hydrogen (secondary N) is 1. The molecule has 6 nitrogen and oxygen atoms in total. The summed E-state index contributed by atoms with van der Waals surface area (Å²) in [4.78, 5) is 14.8. The Hall–Kier alpha value is -2.78. The molecule has 0 saturated heterocycles. The van der Waals surface area contributed by atoms with Crippen LogP contribution in [0.15, 0.2) is 58.8 Å². The fraction of sp³-hybridized carbons (Fsp3) is 0. The van der Waals surface area contributed by atoms with E-state index in [9.17, 15) is 17.6 Å². The highest BCUT2D eigenvalue weighted by Crippen LogP contribution is 2.26. The van der Waals surface area contributed by atoms with E-state index >= 15 is 0 Å². The van der Waals surface area contributed by atoms with Crippen LogP contribution in [0.5, 0.6) is 0 Å². The summed E-state index contributed by atoms with van der Waals surface area (Å²) < 4.78 is 40.4. The highest BCUT2D eigenvalue weighted by atomic mass is 32.2. The van der Waals surface area contributed by atoms with Crippen LogP contribution in [-0.4, -0.2) is 24.5 Å². The van der Waals surface area contributed by atoms with Gasteiger partial charge in [0.25, 0.3) is 10.0 Å². The van der Waals surface area contributed by atoms with Gasteiger partial charge in [0, 0.05) is 10.9 Å². The third-order valence-electron chi connectivity index (χ3n) is 3.27. The van der Waals surface area contributed by atoms with Gasteiger partial charge in [-0.3, -0.25) is 4.72 Å². The van der Waals surface area contributed by atoms with Crippen molar-refractivity contribution in [2.75, 3.05) is 4.72 Å². The van der Waals surface area contributed by atoms with Crippen LogP contribution in [0.1, 0.15) is 10.4 Å². The third-order valence-corrected chi connectivity index (χ3v) is 5.50. The summed E-state index contributed by atoms with van der Waals surface area (Å²) in [7, 11) is -4.09. The monoisotopic (exact) mass is 378 g/mol. The number of carbonyl (C=O) groups is 1. The quantitative estimate of drug-likeness (QED) is 0.709. The second kappa shape index (κ2) is 6.61. The van der Waals surface area contributed by atoms with Gasteiger partial charge in [0.1, 0.15) is 5.82 Å². The van der Waals surface area contributed by atoms with Crippen LogP contribution in [0, 0.1) is 5.82 Å². The summed E-state index contributed by atoms with van der Waals surface area (Å²) in [6.45, 7) is 0. The maximum absolute atomic E-state index is 13.4. The molecule has 0 bridgehead atoms. The van der Waals surface area contributed by atoms with Crippen LogP contribution in [0.25, 0.3) is 11.3 Å². The Morgan fingerprint density at radius 2 is 1.88 bits per heavy atom. The second-order valence-electron chi connectivity index (χ2n) is 4.96. The number of aromatic nitrogens is 1. The van der Waals surface area contributed by atoms with Gasteiger partial charge in [-0.1, -0.05) is 30.3 Å². The lowest BCUT2D eigenvalue weighted by molar-refractivity contribution is 0.0691. The number of hydrogen-bond donors (Lipinski definition) is 2. The first kappa shape index (κ1) is 17.1. The van der Waals surface area contributed by atoms with Crippen molar-refractivity contribution < 1.29 is 22.7 Å². The van der Waals surface area contributed by atoms with Gasteiger partial charge in [-0.05, 0) is 18.2 Å². The number of hydrogen-bond acceptors (Lipinski definition) is 5. The minimum absolute atomic E-state index is 0.125. The molecule has 0 atom stereocenters. The lowest BCUT2D eigenvalue weighted by Crippen LogP contribution is -2.14. The van der Waals surface area contributed by atoms with Crippen molar-refractivity contribution in [3.8, 4) is 11.3 Å². The smallest absolute Gasteiger partial charge is 0.338 e. The van der Waals surface area contributed by atoms with Gasteiger partial charge in [-0.2, -0.15) is 0 Å². The molecule has 0 aliphatic heterocycles. The molecular formula is C16H11FN2O4S2. The number of sulfonamides is 1. The van der Waals surface area contributed by atoms with E-state index in [1.807, 2.05) is 30.3 Å².